The summed E-state index contributed by atoms with van der Waals surface area (Å²) in [5.41, 5.74) is 0.167. The lowest BCUT2D eigenvalue weighted by atomic mass is 10.1. The van der Waals surface area contributed by atoms with Crippen LogP contribution in [0.25, 0.3) is 0 Å². The molecule has 0 bridgehead atoms. The lowest BCUT2D eigenvalue weighted by Crippen LogP contribution is -2.26. The Balaban J connectivity index is 1.81. The van der Waals surface area contributed by atoms with Crippen LogP contribution in [0, 0.1) is 0 Å². The van der Waals surface area contributed by atoms with Crippen LogP contribution in [0.5, 0.6) is 0 Å². The number of anilines is 2. The Morgan fingerprint density at radius 1 is 1.16 bits per heavy atom. The number of aromatic amines is 1. The first kappa shape index (κ1) is 22.5. The van der Waals surface area contributed by atoms with Crippen molar-refractivity contribution in [2.45, 2.75) is 11.0 Å². The van der Waals surface area contributed by atoms with Gasteiger partial charge in [0.2, 0.25) is 0 Å². The van der Waals surface area contributed by atoms with Gasteiger partial charge in [0.15, 0.2) is 9.84 Å². The van der Waals surface area contributed by atoms with E-state index in [9.17, 15) is 23.1 Å². The maximum absolute atomic E-state index is 12.8. The second kappa shape index (κ2) is 9.34. The summed E-state index contributed by atoms with van der Waals surface area (Å²) in [4.78, 5) is 27.6. The second-order valence-electron chi connectivity index (χ2n) is 6.80. The van der Waals surface area contributed by atoms with Crippen molar-refractivity contribution in [3.63, 3.8) is 0 Å². The minimum atomic E-state index is -3.46. The lowest BCUT2D eigenvalue weighted by molar-refractivity contribution is 0.102. The monoisotopic (exact) mass is 461 g/mol. The lowest BCUT2D eigenvalue weighted by Gasteiger charge is -2.15. The third-order valence-electron chi connectivity index (χ3n) is 4.43. The summed E-state index contributed by atoms with van der Waals surface area (Å²) in [6.07, 6.45) is 1.50. The quantitative estimate of drug-likeness (QED) is 0.428. The van der Waals surface area contributed by atoms with Gasteiger partial charge in [-0.2, -0.15) is 0 Å². The van der Waals surface area contributed by atoms with Crippen molar-refractivity contribution in [2.75, 3.05) is 23.4 Å². The van der Waals surface area contributed by atoms with Crippen molar-refractivity contribution in [3.05, 3.63) is 87.3 Å². The van der Waals surface area contributed by atoms with E-state index < -0.39 is 27.4 Å². The Bertz CT molecular complexity index is 1270. The number of aliphatic hydroxyl groups excluding tert-OH is 1. The van der Waals surface area contributed by atoms with Crippen LogP contribution in [0.3, 0.4) is 0 Å². The highest BCUT2D eigenvalue weighted by Gasteiger charge is 2.18. The van der Waals surface area contributed by atoms with Crippen LogP contribution in [-0.4, -0.2) is 37.2 Å². The number of carbonyl (C=O) groups is 1. The zero-order valence-electron chi connectivity index (χ0n) is 16.4. The maximum atomic E-state index is 12.8. The molecule has 0 radical (unpaired) electrons. The predicted molar refractivity (Wildman–Crippen MR) is 119 cm³/mol. The van der Waals surface area contributed by atoms with Crippen LogP contribution < -0.4 is 16.2 Å². The molecule has 0 fully saturated rings. The van der Waals surface area contributed by atoms with Gasteiger partial charge in [0, 0.05) is 29.7 Å². The highest BCUT2D eigenvalue weighted by Crippen LogP contribution is 2.20. The molecule has 10 heteroatoms. The summed E-state index contributed by atoms with van der Waals surface area (Å²) < 4.78 is 23.5. The molecular formula is C21H20ClN3O5S. The van der Waals surface area contributed by atoms with E-state index in [-0.39, 0.29) is 28.4 Å². The first-order valence-corrected chi connectivity index (χ1v) is 11.4. The molecule has 1 aromatic heterocycles. The first-order chi connectivity index (χ1) is 14.6. The average molecular weight is 462 g/mol. The molecule has 1 heterocycles. The SMILES string of the molecule is CS(=O)(=O)c1cccc(NC(=O)c2c(NC[C@@H](O)c3cccc(Cl)c3)cc[nH]c2=O)c1. The Labute approximate surface area is 183 Å². The topological polar surface area (TPSA) is 128 Å². The van der Waals surface area contributed by atoms with Gasteiger partial charge in [-0.25, -0.2) is 8.42 Å². The predicted octanol–water partition coefficient (Wildman–Crippen LogP) is 2.83. The average Bonchev–Trinajstić information content (AvgIpc) is 2.71. The van der Waals surface area contributed by atoms with E-state index in [1.54, 1.807) is 24.3 Å². The minimum Gasteiger partial charge on any atom is -0.387 e. The number of sulfone groups is 1. The highest BCUT2D eigenvalue weighted by molar-refractivity contribution is 7.90. The summed E-state index contributed by atoms with van der Waals surface area (Å²) in [7, 11) is -3.46. The minimum absolute atomic E-state index is 0.0215. The molecule has 0 aliphatic rings. The number of hydrogen-bond donors (Lipinski definition) is 4. The van der Waals surface area contributed by atoms with E-state index in [0.29, 0.717) is 10.6 Å². The molecule has 3 rings (SSSR count). The number of hydrogen-bond acceptors (Lipinski definition) is 6. The Kier molecular flexibility index (Phi) is 6.79. The highest BCUT2D eigenvalue weighted by atomic mass is 35.5. The number of pyridine rings is 1. The smallest absolute Gasteiger partial charge is 0.263 e. The zero-order valence-corrected chi connectivity index (χ0v) is 18.0. The fourth-order valence-electron chi connectivity index (χ4n) is 2.89. The van der Waals surface area contributed by atoms with Crippen molar-refractivity contribution in [1.82, 2.24) is 4.98 Å². The molecule has 0 saturated heterocycles. The molecule has 8 nitrogen and oxygen atoms in total. The number of rotatable bonds is 7. The van der Waals surface area contributed by atoms with E-state index >= 15 is 0 Å². The molecule has 0 aliphatic heterocycles. The molecule has 4 N–H and O–H groups in total. The maximum Gasteiger partial charge on any atom is 0.263 e. The van der Waals surface area contributed by atoms with Gasteiger partial charge in [0.25, 0.3) is 11.5 Å². The van der Waals surface area contributed by atoms with Crippen molar-refractivity contribution in [1.29, 1.82) is 0 Å². The second-order valence-corrected chi connectivity index (χ2v) is 9.25. The molecule has 0 saturated carbocycles. The van der Waals surface area contributed by atoms with Crippen LogP contribution in [0.15, 0.2) is 70.5 Å². The van der Waals surface area contributed by atoms with Gasteiger partial charge in [-0.1, -0.05) is 29.8 Å². The van der Waals surface area contributed by atoms with Crippen LogP contribution >= 0.6 is 11.6 Å². The van der Waals surface area contributed by atoms with E-state index in [1.807, 2.05) is 0 Å². The number of benzene rings is 2. The summed E-state index contributed by atoms with van der Waals surface area (Å²) in [6.45, 7) is 0.0215. The number of carbonyl (C=O) groups excluding carboxylic acids is 1. The van der Waals surface area contributed by atoms with Crippen LogP contribution in [0.1, 0.15) is 22.0 Å². The summed E-state index contributed by atoms with van der Waals surface area (Å²) >= 11 is 5.94. The van der Waals surface area contributed by atoms with E-state index in [4.69, 9.17) is 11.6 Å². The molecule has 2 aromatic carbocycles. The van der Waals surface area contributed by atoms with Crippen LogP contribution in [-0.2, 0) is 9.84 Å². The molecule has 0 unspecified atom stereocenters. The first-order valence-electron chi connectivity index (χ1n) is 9.16. The number of aliphatic hydroxyl groups is 1. The van der Waals surface area contributed by atoms with E-state index in [2.05, 4.69) is 15.6 Å². The fraction of sp³-hybridized carbons (Fsp3) is 0.143. The van der Waals surface area contributed by atoms with Crippen LogP contribution in [0.4, 0.5) is 11.4 Å². The van der Waals surface area contributed by atoms with Crippen LogP contribution in [0.2, 0.25) is 5.02 Å². The Hall–Kier alpha value is -3.14. The molecule has 31 heavy (non-hydrogen) atoms. The summed E-state index contributed by atoms with van der Waals surface area (Å²) in [5.74, 6) is -0.729. The Morgan fingerprint density at radius 3 is 2.61 bits per heavy atom. The van der Waals surface area contributed by atoms with Gasteiger partial charge in [0.05, 0.1) is 16.7 Å². The standard InChI is InChI=1S/C21H20ClN3O5S/c1-31(29,30)16-7-3-6-15(11-16)25-21(28)19-17(8-9-23-20(19)27)24-12-18(26)13-4-2-5-14(22)10-13/h2-11,18,26H,12H2,1H3,(H,25,28)(H2,23,24,27)/t18-/m1/s1. The van der Waals surface area contributed by atoms with Crippen molar-refractivity contribution in [2.24, 2.45) is 0 Å². The molecule has 1 atom stereocenters. The number of amides is 1. The van der Waals surface area contributed by atoms with Gasteiger partial charge < -0.3 is 20.7 Å². The summed E-state index contributed by atoms with van der Waals surface area (Å²) in [6, 6.07) is 13.9. The molecule has 0 spiro atoms. The molecular weight excluding hydrogens is 442 g/mol. The number of aromatic nitrogens is 1. The molecule has 3 aromatic rings. The van der Waals surface area contributed by atoms with Gasteiger partial charge >= 0.3 is 0 Å². The zero-order chi connectivity index (χ0) is 22.6. The molecule has 0 aliphatic carbocycles. The fourth-order valence-corrected chi connectivity index (χ4v) is 3.75. The van der Waals surface area contributed by atoms with Gasteiger partial charge in [-0.05, 0) is 42.0 Å². The number of H-pyrrole nitrogens is 1. The van der Waals surface area contributed by atoms with Gasteiger partial charge in [0.1, 0.15) is 5.56 Å². The molecule has 162 valence electrons. The van der Waals surface area contributed by atoms with Crippen molar-refractivity contribution in [3.8, 4) is 0 Å². The third kappa shape index (κ3) is 5.72. The van der Waals surface area contributed by atoms with Crippen molar-refractivity contribution >= 4 is 38.7 Å². The van der Waals surface area contributed by atoms with E-state index in [1.165, 1.54) is 36.5 Å². The number of nitrogens with one attached hydrogen (secondary N) is 3. The normalized spacial score (nSPS) is 12.2. The van der Waals surface area contributed by atoms with Crippen molar-refractivity contribution < 1.29 is 18.3 Å². The van der Waals surface area contributed by atoms with Gasteiger partial charge in [-0.3, -0.25) is 9.59 Å². The third-order valence-corrected chi connectivity index (χ3v) is 5.77. The Morgan fingerprint density at radius 2 is 1.90 bits per heavy atom. The van der Waals surface area contributed by atoms with E-state index in [0.717, 1.165) is 6.26 Å². The van der Waals surface area contributed by atoms with Gasteiger partial charge in [-0.15, -0.1) is 0 Å². The number of halogens is 1. The summed E-state index contributed by atoms with van der Waals surface area (Å²) in [5, 5.41) is 16.3. The largest absolute Gasteiger partial charge is 0.387 e. The molecule has 1 amide bonds.